The summed E-state index contributed by atoms with van der Waals surface area (Å²) in [5.74, 6) is -3.16. The average molecular weight is 510 g/mol. The van der Waals surface area contributed by atoms with Crippen LogP contribution in [0, 0.1) is 0 Å². The number of carboxylic acids is 1. The Bertz CT molecular complexity index is 1040. The summed E-state index contributed by atoms with van der Waals surface area (Å²) in [6.45, 7) is 0. The third-order valence-corrected chi connectivity index (χ3v) is 7.15. The van der Waals surface area contributed by atoms with E-state index >= 15 is 0 Å². The molecule has 2 amide bonds. The number of rotatable bonds is 7. The van der Waals surface area contributed by atoms with E-state index in [1.54, 1.807) is 0 Å². The monoisotopic (exact) mass is 509 g/mol. The molecule has 16 heteroatoms. The summed E-state index contributed by atoms with van der Waals surface area (Å²) in [6.07, 6.45) is 1.13. The molecule has 12 nitrogen and oxygen atoms in total. The molecule has 5 N–H and O–H groups in total. The molecule has 1 fully saturated rings. The van der Waals surface area contributed by atoms with Gasteiger partial charge in [0.2, 0.25) is 0 Å². The Balaban J connectivity index is 0.00000363. The molecule has 2 aliphatic heterocycles. The number of esters is 1. The Morgan fingerprint density at radius 2 is 2.19 bits per heavy atom. The molecule has 0 spiro atoms. The molecule has 0 saturated carbocycles. The van der Waals surface area contributed by atoms with Gasteiger partial charge in [0.05, 0.1) is 7.11 Å². The van der Waals surface area contributed by atoms with Crippen molar-refractivity contribution in [3.8, 4) is 0 Å². The molecule has 0 aromatic carbocycles. The quantitative estimate of drug-likeness (QED) is 0.0698. The van der Waals surface area contributed by atoms with Crippen LogP contribution in [0.4, 0.5) is 5.13 Å². The molecule has 1 aromatic rings. The van der Waals surface area contributed by atoms with Gasteiger partial charge in [-0.2, -0.15) is 0 Å². The maximum absolute atomic E-state index is 12.6. The molecular formula is C16H16N5NaO7S3. The first-order valence-electron chi connectivity index (χ1n) is 8.35. The fourth-order valence-corrected chi connectivity index (χ4v) is 5.60. The van der Waals surface area contributed by atoms with Gasteiger partial charge in [0.1, 0.15) is 22.8 Å². The number of ether oxygens (including phenoxy) is 1. The number of methoxy groups -OCH3 is 1. The van der Waals surface area contributed by atoms with Crippen LogP contribution in [-0.4, -0.2) is 103 Å². The normalized spacial score (nSPS) is 20.3. The number of oxime groups is 1. The number of amides is 2. The van der Waals surface area contributed by atoms with Crippen LogP contribution in [0.1, 0.15) is 5.69 Å². The fourth-order valence-electron chi connectivity index (χ4n) is 2.74. The van der Waals surface area contributed by atoms with Crippen LogP contribution in [0.15, 0.2) is 32.6 Å². The van der Waals surface area contributed by atoms with Gasteiger partial charge in [-0.25, -0.2) is 14.6 Å². The van der Waals surface area contributed by atoms with E-state index in [0.717, 1.165) is 34.1 Å². The molecule has 3 rings (SSSR count). The van der Waals surface area contributed by atoms with Crippen molar-refractivity contribution in [2.75, 3.05) is 18.6 Å². The topological polar surface area (TPSA) is 185 Å². The number of hydrogen-bond donors (Lipinski definition) is 4. The molecule has 2 aliphatic rings. The van der Waals surface area contributed by atoms with Gasteiger partial charge in [0, 0.05) is 22.1 Å². The number of carbonyl (C=O) groups is 4. The van der Waals surface area contributed by atoms with E-state index < -0.39 is 40.9 Å². The van der Waals surface area contributed by atoms with E-state index in [1.807, 2.05) is 0 Å². The summed E-state index contributed by atoms with van der Waals surface area (Å²) in [7, 11) is 1.21. The summed E-state index contributed by atoms with van der Waals surface area (Å²) >= 11 is 3.27. The SMILES string of the molecule is COC(=O)/C=C\SC1=C(C(=O)O)N2C(=O)[C@@H](NC(=O)/C(=N\O)c3csc(N)n3)[C@H]2SC1.[NaH]. The molecule has 0 radical (unpaired) electrons. The van der Waals surface area contributed by atoms with Crippen LogP contribution in [0.25, 0.3) is 0 Å². The standard InChI is InChI=1S/C16H15N5O7S3.Na.H/c1-28-8(22)2-3-29-7-5-30-14-10(13(24)21(14)11(7)15(25)26)19-12(23)9(20-27)6-4-31-16(17)18-6;;/h2-4,10,14,27H,5H2,1H3,(H2,17,18)(H,19,23)(H,25,26);;/b3-2-,20-9-;;/t10-,14-;;/m1../s1. The number of nitrogens with one attached hydrogen (secondary N) is 1. The minimum absolute atomic E-state index is 0. The zero-order valence-corrected chi connectivity index (χ0v) is 18.1. The van der Waals surface area contributed by atoms with E-state index in [-0.39, 0.29) is 51.8 Å². The van der Waals surface area contributed by atoms with Crippen molar-refractivity contribution < 1.29 is 34.2 Å². The Kier molecular flexibility index (Phi) is 9.18. The Hall–Kier alpha value is -2.04. The number of nitrogen functional groups attached to an aromatic ring is 1. The molecule has 2 atom stereocenters. The number of β-lactam (4-membered cyclic amide) rings is 1. The van der Waals surface area contributed by atoms with Crippen LogP contribution < -0.4 is 11.1 Å². The van der Waals surface area contributed by atoms with Crippen molar-refractivity contribution in [1.82, 2.24) is 15.2 Å². The van der Waals surface area contributed by atoms with Crippen molar-refractivity contribution in [2.45, 2.75) is 11.4 Å². The van der Waals surface area contributed by atoms with Crippen molar-refractivity contribution >= 4 is 99.0 Å². The molecule has 0 aliphatic carbocycles. The maximum atomic E-state index is 12.6. The number of thiazole rings is 1. The molecular weight excluding hydrogens is 493 g/mol. The van der Waals surface area contributed by atoms with Crippen molar-refractivity contribution in [1.29, 1.82) is 0 Å². The van der Waals surface area contributed by atoms with E-state index in [2.05, 4.69) is 20.2 Å². The zero-order chi connectivity index (χ0) is 22.7. The molecule has 1 saturated heterocycles. The summed E-state index contributed by atoms with van der Waals surface area (Å²) in [6, 6.07) is -1.02. The third kappa shape index (κ3) is 5.29. The molecule has 32 heavy (non-hydrogen) atoms. The first kappa shape index (κ1) is 26.2. The summed E-state index contributed by atoms with van der Waals surface area (Å²) in [4.78, 5) is 53.4. The fraction of sp³-hybridized carbons (Fsp3) is 0.250. The van der Waals surface area contributed by atoms with E-state index in [9.17, 15) is 29.5 Å². The van der Waals surface area contributed by atoms with Gasteiger partial charge in [-0.15, -0.1) is 23.1 Å². The van der Waals surface area contributed by atoms with E-state index in [1.165, 1.54) is 29.7 Å². The van der Waals surface area contributed by atoms with Gasteiger partial charge >= 0.3 is 41.5 Å². The van der Waals surface area contributed by atoms with Gasteiger partial charge in [0.15, 0.2) is 10.8 Å². The summed E-state index contributed by atoms with van der Waals surface area (Å²) in [5, 5.41) is 26.5. The second-order valence-corrected chi connectivity index (χ2v) is 8.90. The van der Waals surface area contributed by atoms with Gasteiger partial charge < -0.3 is 26.1 Å². The van der Waals surface area contributed by atoms with Gasteiger partial charge in [-0.3, -0.25) is 14.5 Å². The molecule has 166 valence electrons. The number of anilines is 1. The number of thioether (sulfide) groups is 2. The molecule has 1 aromatic heterocycles. The van der Waals surface area contributed by atoms with Gasteiger partial charge in [0.25, 0.3) is 11.8 Å². The molecule has 0 bridgehead atoms. The molecule has 0 unspecified atom stereocenters. The number of nitrogens with two attached hydrogens (primary N) is 1. The van der Waals surface area contributed by atoms with E-state index in [4.69, 9.17) is 5.73 Å². The number of carbonyl (C=O) groups excluding carboxylic acids is 3. The van der Waals surface area contributed by atoms with E-state index in [0.29, 0.717) is 4.91 Å². The van der Waals surface area contributed by atoms with Gasteiger partial charge in [-0.05, 0) is 5.41 Å². The predicted molar refractivity (Wildman–Crippen MR) is 120 cm³/mol. The predicted octanol–water partition coefficient (Wildman–Crippen LogP) is -0.629. The number of carboxylic acid groups (broad SMARTS) is 1. The second kappa shape index (κ2) is 11.2. The van der Waals surface area contributed by atoms with Crippen LogP contribution >= 0.6 is 34.9 Å². The van der Waals surface area contributed by atoms with Crippen molar-refractivity contribution in [3.63, 3.8) is 0 Å². The number of aliphatic carboxylic acids is 1. The van der Waals surface area contributed by atoms with Crippen LogP contribution in [0.2, 0.25) is 0 Å². The summed E-state index contributed by atoms with van der Waals surface area (Å²) < 4.78 is 4.47. The number of fused-ring (bicyclic) bond motifs is 1. The first-order chi connectivity index (χ1) is 14.8. The Morgan fingerprint density at radius 3 is 2.75 bits per heavy atom. The van der Waals surface area contributed by atoms with Gasteiger partial charge in [-0.1, -0.05) is 16.9 Å². The Morgan fingerprint density at radius 1 is 1.47 bits per heavy atom. The number of aromatic nitrogens is 1. The number of nitrogens with zero attached hydrogens (tertiary/aromatic N) is 3. The van der Waals surface area contributed by atoms with Crippen molar-refractivity contribution in [2.24, 2.45) is 5.16 Å². The minimum atomic E-state index is -1.31. The average Bonchev–Trinajstić information content (AvgIpc) is 3.17. The van der Waals surface area contributed by atoms with Crippen molar-refractivity contribution in [3.05, 3.63) is 33.2 Å². The van der Waals surface area contributed by atoms with Crippen LogP contribution in [-0.2, 0) is 23.9 Å². The first-order valence-corrected chi connectivity index (χ1v) is 11.2. The van der Waals surface area contributed by atoms with Crippen LogP contribution in [0.3, 0.4) is 0 Å². The third-order valence-electron chi connectivity index (χ3n) is 4.12. The van der Waals surface area contributed by atoms with Crippen LogP contribution in [0.5, 0.6) is 0 Å². The number of hydrogen-bond acceptors (Lipinski definition) is 12. The zero-order valence-electron chi connectivity index (χ0n) is 15.7. The Labute approximate surface area is 215 Å². The second-order valence-electron chi connectivity index (χ2n) is 5.90. The summed E-state index contributed by atoms with van der Waals surface area (Å²) in [5.41, 5.74) is 4.92. The molecule has 3 heterocycles.